The van der Waals surface area contributed by atoms with E-state index in [0.29, 0.717) is 0 Å². The molecule has 2 heterocycles. The number of aryl methyl sites for hydroxylation is 1. The third-order valence-corrected chi connectivity index (χ3v) is 6.09. The summed E-state index contributed by atoms with van der Waals surface area (Å²) in [6.07, 6.45) is -6.63. The van der Waals surface area contributed by atoms with Gasteiger partial charge in [-0.25, -0.2) is 19.2 Å². The normalized spacial score (nSPS) is 18.7. The number of alkyl halides is 3. The van der Waals surface area contributed by atoms with Crippen molar-refractivity contribution in [3.8, 4) is 5.69 Å². The van der Waals surface area contributed by atoms with E-state index in [0.717, 1.165) is 15.5 Å². The number of benzene rings is 2. The predicted molar refractivity (Wildman–Crippen MR) is 119 cm³/mol. The van der Waals surface area contributed by atoms with Crippen molar-refractivity contribution in [3.05, 3.63) is 58.1 Å². The Balaban J connectivity index is 1.98. The highest BCUT2D eigenvalue weighted by Gasteiger charge is 2.41. The maximum atomic E-state index is 16.0. The Kier molecular flexibility index (Phi) is 5.75. The van der Waals surface area contributed by atoms with E-state index < -0.39 is 45.6 Å². The smallest absolute Gasteiger partial charge is 0.419 e. The first-order valence-electron chi connectivity index (χ1n) is 10.1. The molecule has 2 amide bonds. The summed E-state index contributed by atoms with van der Waals surface area (Å²) in [5.41, 5.74) is -3.52. The number of hydrogen-bond donors (Lipinski definition) is 2. The molecule has 13 heteroatoms. The number of halogens is 5. The first-order valence-corrected chi connectivity index (χ1v) is 10.5. The first kappa shape index (κ1) is 24.5. The van der Waals surface area contributed by atoms with E-state index in [1.807, 2.05) is 5.32 Å². The van der Waals surface area contributed by atoms with E-state index in [2.05, 4.69) is 9.98 Å². The third-order valence-electron chi connectivity index (χ3n) is 5.78. The van der Waals surface area contributed by atoms with Crippen molar-refractivity contribution in [3.63, 3.8) is 0 Å². The van der Waals surface area contributed by atoms with Gasteiger partial charge in [-0.1, -0.05) is 23.7 Å². The Morgan fingerprint density at radius 3 is 2.57 bits per heavy atom. The van der Waals surface area contributed by atoms with Gasteiger partial charge in [0.05, 0.1) is 33.7 Å². The molecule has 0 spiro atoms. The molecule has 184 valence electrons. The molecule has 0 radical (unpaired) electrons. The fraction of sp³-hybridized carbons (Fsp3) is 0.273. The lowest BCUT2D eigenvalue weighted by molar-refractivity contribution is -0.136. The Hall–Kier alpha value is -3.67. The van der Waals surface area contributed by atoms with Gasteiger partial charge in [-0.2, -0.15) is 13.2 Å². The van der Waals surface area contributed by atoms with Gasteiger partial charge in [0.1, 0.15) is 11.4 Å². The number of aliphatic imine (C=N–C) groups is 1. The number of nitrogens with zero attached hydrogens (tertiary/aromatic N) is 4. The minimum Gasteiger partial charge on any atom is -0.465 e. The van der Waals surface area contributed by atoms with Gasteiger partial charge in [-0.15, -0.1) is 0 Å². The summed E-state index contributed by atoms with van der Waals surface area (Å²) in [5, 5.41) is 10.5. The lowest BCUT2D eigenvalue weighted by Crippen LogP contribution is -2.51. The quantitative estimate of drug-likeness (QED) is 0.481. The highest BCUT2D eigenvalue weighted by atomic mass is 35.5. The fourth-order valence-electron chi connectivity index (χ4n) is 4.17. The van der Waals surface area contributed by atoms with Crippen molar-refractivity contribution in [1.29, 1.82) is 0 Å². The Labute approximate surface area is 200 Å². The van der Waals surface area contributed by atoms with Crippen LogP contribution >= 0.6 is 11.6 Å². The number of rotatable bonds is 2. The van der Waals surface area contributed by atoms with Gasteiger partial charge in [0.25, 0.3) is 0 Å². The number of amides is 2. The van der Waals surface area contributed by atoms with Crippen molar-refractivity contribution in [2.45, 2.75) is 32.0 Å². The molecule has 0 saturated heterocycles. The molecule has 2 N–H and O–H groups in total. The van der Waals surface area contributed by atoms with Crippen molar-refractivity contribution in [1.82, 2.24) is 19.8 Å². The molecular formula is C22H18ClF4N5O3. The highest BCUT2D eigenvalue weighted by Crippen LogP contribution is 2.42. The number of fused-ring (bicyclic) bond motifs is 1. The van der Waals surface area contributed by atoms with Crippen LogP contribution < -0.4 is 5.32 Å². The lowest BCUT2D eigenvalue weighted by atomic mass is 9.86. The number of hydrogen-bond acceptors (Lipinski definition) is 4. The molecule has 0 aliphatic carbocycles. The summed E-state index contributed by atoms with van der Waals surface area (Å²) in [5.74, 6) is -1.71. The van der Waals surface area contributed by atoms with Crippen LogP contribution in [0.1, 0.15) is 30.3 Å². The molecule has 0 saturated carbocycles. The van der Waals surface area contributed by atoms with Gasteiger partial charge < -0.3 is 5.11 Å². The van der Waals surface area contributed by atoms with Crippen LogP contribution in [-0.4, -0.2) is 44.6 Å². The number of guanidine groups is 1. The summed E-state index contributed by atoms with van der Waals surface area (Å²) < 4.78 is 58.8. The standard InChI is InChI=1S/C22H18ClF4N5O3/c1-10-28-13-8-7-12(23)16(22(25,26)27)18(13)32(10)14-6-4-5-11(17(14)24)21(2)9-15(33)31(3)19(30-21)29-20(34)35/h4-8H,9H2,1-3H3,(H,29,30)(H,34,35)/t21-/m0/s1. The minimum absolute atomic E-state index is 0.0318. The lowest BCUT2D eigenvalue weighted by Gasteiger charge is -2.35. The largest absolute Gasteiger partial charge is 0.465 e. The monoisotopic (exact) mass is 511 g/mol. The second kappa shape index (κ2) is 8.22. The number of carbonyl (C=O) groups excluding carboxylic acids is 1. The topological polar surface area (TPSA) is 99.8 Å². The average molecular weight is 512 g/mol. The summed E-state index contributed by atoms with van der Waals surface area (Å²) in [6.45, 7) is 2.86. The van der Waals surface area contributed by atoms with Gasteiger partial charge in [0, 0.05) is 12.6 Å². The van der Waals surface area contributed by atoms with E-state index in [1.54, 1.807) is 0 Å². The molecule has 0 unspecified atom stereocenters. The zero-order valence-electron chi connectivity index (χ0n) is 18.5. The van der Waals surface area contributed by atoms with E-state index in [-0.39, 0.29) is 35.0 Å². The van der Waals surface area contributed by atoms with Gasteiger partial charge >= 0.3 is 12.3 Å². The molecule has 4 rings (SSSR count). The minimum atomic E-state index is -4.84. The first-order chi connectivity index (χ1) is 16.2. The van der Waals surface area contributed by atoms with Crippen molar-refractivity contribution < 1.29 is 32.3 Å². The molecule has 1 aliphatic rings. The molecule has 1 atom stereocenters. The summed E-state index contributed by atoms with van der Waals surface area (Å²) in [4.78, 5) is 33.1. The van der Waals surface area contributed by atoms with Crippen LogP contribution in [0.5, 0.6) is 0 Å². The van der Waals surface area contributed by atoms with Gasteiger partial charge in [0.15, 0.2) is 5.82 Å². The summed E-state index contributed by atoms with van der Waals surface area (Å²) in [7, 11) is 1.31. The van der Waals surface area contributed by atoms with Crippen molar-refractivity contribution in [2.24, 2.45) is 4.99 Å². The van der Waals surface area contributed by atoms with Crippen molar-refractivity contribution in [2.75, 3.05) is 7.05 Å². The molecule has 0 fully saturated rings. The van der Waals surface area contributed by atoms with Crippen LogP contribution in [0.3, 0.4) is 0 Å². The Morgan fingerprint density at radius 2 is 1.94 bits per heavy atom. The molecule has 0 bridgehead atoms. The summed E-state index contributed by atoms with van der Waals surface area (Å²) in [6, 6.07) is 6.40. The van der Waals surface area contributed by atoms with Crippen LogP contribution in [0.2, 0.25) is 5.02 Å². The number of imidazole rings is 1. The maximum absolute atomic E-state index is 16.0. The fourth-order valence-corrected chi connectivity index (χ4v) is 4.43. The average Bonchev–Trinajstić information content (AvgIpc) is 3.06. The van der Waals surface area contributed by atoms with E-state index >= 15 is 4.39 Å². The number of carbonyl (C=O) groups is 2. The Bertz CT molecular complexity index is 1420. The molecule has 8 nitrogen and oxygen atoms in total. The number of carboxylic acid groups (broad SMARTS) is 1. The molecule has 1 aliphatic heterocycles. The zero-order valence-corrected chi connectivity index (χ0v) is 19.3. The van der Waals surface area contributed by atoms with Gasteiger partial charge in [-0.3, -0.25) is 19.6 Å². The van der Waals surface area contributed by atoms with Crippen LogP contribution in [0.4, 0.5) is 22.4 Å². The maximum Gasteiger partial charge on any atom is 0.419 e. The van der Waals surface area contributed by atoms with E-state index in [1.165, 1.54) is 45.2 Å². The highest BCUT2D eigenvalue weighted by molar-refractivity contribution is 6.32. The van der Waals surface area contributed by atoms with Crippen LogP contribution in [0, 0.1) is 12.7 Å². The van der Waals surface area contributed by atoms with E-state index in [9.17, 15) is 22.8 Å². The second-order valence-corrected chi connectivity index (χ2v) is 8.60. The number of nitrogens with one attached hydrogen (secondary N) is 1. The molecule has 1 aromatic heterocycles. The molecule has 2 aromatic carbocycles. The van der Waals surface area contributed by atoms with Crippen LogP contribution in [-0.2, 0) is 16.5 Å². The second-order valence-electron chi connectivity index (χ2n) is 8.19. The zero-order chi connectivity index (χ0) is 25.9. The molecule has 35 heavy (non-hydrogen) atoms. The van der Waals surface area contributed by atoms with Crippen LogP contribution in [0.15, 0.2) is 35.3 Å². The Morgan fingerprint density at radius 1 is 1.26 bits per heavy atom. The number of aromatic nitrogens is 2. The SMILES string of the molecule is Cc1nc2ccc(Cl)c(C(F)(F)F)c2n1-c1cccc([C@]2(C)CC(=O)N(C)C(NC(=O)O)=N2)c1F. The van der Waals surface area contributed by atoms with E-state index in [4.69, 9.17) is 16.7 Å². The molecular weight excluding hydrogens is 494 g/mol. The predicted octanol–water partition coefficient (Wildman–Crippen LogP) is 4.85. The van der Waals surface area contributed by atoms with Crippen LogP contribution in [0.25, 0.3) is 16.7 Å². The van der Waals surface area contributed by atoms with Crippen molar-refractivity contribution >= 4 is 40.6 Å². The third kappa shape index (κ3) is 4.07. The van der Waals surface area contributed by atoms with Gasteiger partial charge in [0.2, 0.25) is 11.9 Å². The molecule has 3 aromatic rings. The van der Waals surface area contributed by atoms with Gasteiger partial charge in [-0.05, 0) is 32.0 Å². The summed E-state index contributed by atoms with van der Waals surface area (Å²) >= 11 is 5.89.